The first kappa shape index (κ1) is 23.1. The Morgan fingerprint density at radius 3 is 2.71 bits per heavy atom. The second-order valence-corrected chi connectivity index (χ2v) is 7.78. The summed E-state index contributed by atoms with van der Waals surface area (Å²) >= 11 is 3.48. The lowest BCUT2D eigenvalue weighted by Crippen LogP contribution is -2.42. The molecule has 1 atom stereocenters. The fourth-order valence-corrected chi connectivity index (χ4v) is 3.26. The third kappa shape index (κ3) is 6.41. The topological polar surface area (TPSA) is 67.6 Å². The Hall–Kier alpha value is -1.20. The molecule has 2 aromatic rings. The number of aromatic nitrogens is 3. The van der Waals surface area contributed by atoms with E-state index in [9.17, 15) is 0 Å². The average molecular weight is 563 g/mol. The molecular formula is C19H28BrIN6O. The lowest BCUT2D eigenvalue weighted by atomic mass is 10.2. The highest BCUT2D eigenvalue weighted by Crippen LogP contribution is 2.13. The molecule has 154 valence electrons. The van der Waals surface area contributed by atoms with E-state index in [2.05, 4.69) is 60.6 Å². The fraction of sp³-hybridized carbons (Fsp3) is 0.526. The minimum atomic E-state index is 0. The summed E-state index contributed by atoms with van der Waals surface area (Å²) in [5.74, 6) is 2.58. The molecule has 7 nitrogen and oxygen atoms in total. The highest BCUT2D eigenvalue weighted by molar-refractivity contribution is 14.0. The summed E-state index contributed by atoms with van der Waals surface area (Å²) in [5.41, 5.74) is 1.22. The van der Waals surface area contributed by atoms with Crippen LogP contribution < -0.4 is 5.32 Å². The SMILES string of the molecule is Cc1nnc(CN=C(NCC2CCCO2)N(C)Cc2ccc(Br)cc2)n1C.I. The van der Waals surface area contributed by atoms with Gasteiger partial charge in [0.05, 0.1) is 6.10 Å². The number of hydrogen-bond acceptors (Lipinski definition) is 4. The molecule has 1 aromatic heterocycles. The molecule has 1 saturated heterocycles. The molecule has 0 spiro atoms. The Kier molecular flexibility index (Phi) is 9.16. The van der Waals surface area contributed by atoms with Crippen LogP contribution >= 0.6 is 39.9 Å². The van der Waals surface area contributed by atoms with E-state index >= 15 is 0 Å². The number of hydrogen-bond donors (Lipinski definition) is 1. The molecule has 0 amide bonds. The number of ether oxygens (including phenoxy) is 1. The van der Waals surface area contributed by atoms with Crippen molar-refractivity contribution in [3.05, 3.63) is 46.0 Å². The van der Waals surface area contributed by atoms with Crippen molar-refractivity contribution in [2.75, 3.05) is 20.2 Å². The highest BCUT2D eigenvalue weighted by atomic mass is 127. The molecule has 0 radical (unpaired) electrons. The zero-order chi connectivity index (χ0) is 19.2. The normalized spacial score (nSPS) is 16.7. The largest absolute Gasteiger partial charge is 0.376 e. The predicted octanol–water partition coefficient (Wildman–Crippen LogP) is 3.26. The Labute approximate surface area is 192 Å². The van der Waals surface area contributed by atoms with E-state index in [1.165, 1.54) is 5.56 Å². The molecule has 0 bridgehead atoms. The molecular weight excluding hydrogens is 535 g/mol. The van der Waals surface area contributed by atoms with Gasteiger partial charge in [-0.3, -0.25) is 0 Å². The number of aliphatic imine (C=N–C) groups is 1. The van der Waals surface area contributed by atoms with Crippen molar-refractivity contribution in [3.63, 3.8) is 0 Å². The Bertz CT molecular complexity index is 773. The van der Waals surface area contributed by atoms with E-state index < -0.39 is 0 Å². The number of nitrogens with one attached hydrogen (secondary N) is 1. The van der Waals surface area contributed by atoms with Gasteiger partial charge in [-0.2, -0.15) is 0 Å². The Morgan fingerprint density at radius 2 is 2.11 bits per heavy atom. The number of nitrogens with zero attached hydrogens (tertiary/aromatic N) is 5. The molecule has 1 unspecified atom stereocenters. The third-order valence-corrected chi connectivity index (χ3v) is 5.29. The van der Waals surface area contributed by atoms with E-state index in [1.807, 2.05) is 25.6 Å². The monoisotopic (exact) mass is 562 g/mol. The number of benzene rings is 1. The van der Waals surface area contributed by atoms with Crippen LogP contribution in [0.1, 0.15) is 30.1 Å². The maximum atomic E-state index is 5.73. The first-order valence-corrected chi connectivity index (χ1v) is 10.0. The zero-order valence-electron chi connectivity index (χ0n) is 16.6. The van der Waals surface area contributed by atoms with Gasteiger partial charge in [-0.05, 0) is 37.5 Å². The first-order chi connectivity index (χ1) is 13.0. The fourth-order valence-electron chi connectivity index (χ4n) is 2.99. The molecule has 0 saturated carbocycles. The van der Waals surface area contributed by atoms with E-state index in [0.717, 1.165) is 54.6 Å². The summed E-state index contributed by atoms with van der Waals surface area (Å²) in [5, 5.41) is 11.8. The van der Waals surface area contributed by atoms with Gasteiger partial charge >= 0.3 is 0 Å². The van der Waals surface area contributed by atoms with Crippen molar-refractivity contribution < 1.29 is 4.74 Å². The number of halogens is 2. The second kappa shape index (κ2) is 11.1. The van der Waals surface area contributed by atoms with Crippen LogP contribution in [0.25, 0.3) is 0 Å². The van der Waals surface area contributed by atoms with Crippen molar-refractivity contribution >= 4 is 45.9 Å². The number of guanidine groups is 1. The van der Waals surface area contributed by atoms with Crippen LogP contribution in [0.3, 0.4) is 0 Å². The lowest BCUT2D eigenvalue weighted by molar-refractivity contribution is 0.113. The molecule has 1 aliphatic heterocycles. The van der Waals surface area contributed by atoms with Crippen molar-refractivity contribution in [2.45, 2.75) is 39.0 Å². The minimum absolute atomic E-state index is 0. The van der Waals surface area contributed by atoms with E-state index in [0.29, 0.717) is 6.54 Å². The zero-order valence-corrected chi connectivity index (χ0v) is 20.5. The van der Waals surface area contributed by atoms with E-state index in [1.54, 1.807) is 0 Å². The summed E-state index contributed by atoms with van der Waals surface area (Å²) in [6.07, 6.45) is 2.48. The van der Waals surface area contributed by atoms with Crippen LogP contribution in [-0.4, -0.2) is 51.9 Å². The van der Waals surface area contributed by atoms with Crippen LogP contribution in [0.5, 0.6) is 0 Å². The van der Waals surface area contributed by atoms with Crippen molar-refractivity contribution in [1.29, 1.82) is 0 Å². The summed E-state index contributed by atoms with van der Waals surface area (Å²) < 4.78 is 8.78. The van der Waals surface area contributed by atoms with E-state index in [-0.39, 0.29) is 30.1 Å². The summed E-state index contributed by atoms with van der Waals surface area (Å²) in [6.45, 7) is 4.81. The molecule has 2 heterocycles. The van der Waals surface area contributed by atoms with Gasteiger partial charge in [0.15, 0.2) is 11.8 Å². The van der Waals surface area contributed by atoms with Crippen LogP contribution in [0.4, 0.5) is 0 Å². The lowest BCUT2D eigenvalue weighted by Gasteiger charge is -2.24. The maximum Gasteiger partial charge on any atom is 0.194 e. The average Bonchev–Trinajstić information content (AvgIpc) is 3.28. The number of rotatable bonds is 6. The van der Waals surface area contributed by atoms with Gasteiger partial charge in [0.25, 0.3) is 0 Å². The van der Waals surface area contributed by atoms with Crippen LogP contribution in [0.15, 0.2) is 33.7 Å². The molecule has 0 aliphatic carbocycles. The Balaban J connectivity index is 0.00000280. The smallest absolute Gasteiger partial charge is 0.194 e. The minimum Gasteiger partial charge on any atom is -0.376 e. The van der Waals surface area contributed by atoms with Crippen LogP contribution in [0.2, 0.25) is 0 Å². The molecule has 1 aromatic carbocycles. The van der Waals surface area contributed by atoms with Gasteiger partial charge in [0.2, 0.25) is 0 Å². The third-order valence-electron chi connectivity index (χ3n) is 4.76. The Morgan fingerprint density at radius 1 is 1.36 bits per heavy atom. The van der Waals surface area contributed by atoms with Gasteiger partial charge in [-0.25, -0.2) is 4.99 Å². The van der Waals surface area contributed by atoms with Gasteiger partial charge < -0.3 is 19.5 Å². The van der Waals surface area contributed by atoms with Crippen molar-refractivity contribution in [1.82, 2.24) is 25.0 Å². The molecule has 1 fully saturated rings. The predicted molar refractivity (Wildman–Crippen MR) is 125 cm³/mol. The first-order valence-electron chi connectivity index (χ1n) is 9.23. The van der Waals surface area contributed by atoms with Crippen molar-refractivity contribution in [2.24, 2.45) is 12.0 Å². The van der Waals surface area contributed by atoms with Gasteiger partial charge in [-0.15, -0.1) is 34.2 Å². The molecule has 3 rings (SSSR count). The summed E-state index contributed by atoms with van der Waals surface area (Å²) in [6, 6.07) is 8.35. The van der Waals surface area contributed by atoms with Gasteiger partial charge in [-0.1, -0.05) is 28.1 Å². The molecule has 28 heavy (non-hydrogen) atoms. The standard InChI is InChI=1S/C19H27BrN6O.HI/c1-14-23-24-18(26(14)3)12-22-19(21-11-17-5-4-10-27-17)25(2)13-15-6-8-16(20)9-7-15;/h6-9,17H,4-5,10-13H2,1-3H3,(H,21,22);1H. The van der Waals surface area contributed by atoms with Gasteiger partial charge in [0, 0.05) is 38.3 Å². The summed E-state index contributed by atoms with van der Waals surface area (Å²) in [7, 11) is 4.01. The van der Waals surface area contributed by atoms with Gasteiger partial charge in [0.1, 0.15) is 12.4 Å². The van der Waals surface area contributed by atoms with Crippen LogP contribution in [-0.2, 0) is 24.9 Å². The summed E-state index contributed by atoms with van der Waals surface area (Å²) in [4.78, 5) is 6.91. The molecule has 9 heteroatoms. The maximum absolute atomic E-state index is 5.73. The van der Waals surface area contributed by atoms with Crippen LogP contribution in [0, 0.1) is 6.92 Å². The number of aryl methyl sites for hydroxylation is 1. The van der Waals surface area contributed by atoms with Crippen molar-refractivity contribution in [3.8, 4) is 0 Å². The molecule has 1 aliphatic rings. The van der Waals surface area contributed by atoms with E-state index in [4.69, 9.17) is 9.73 Å². The highest BCUT2D eigenvalue weighted by Gasteiger charge is 2.17. The molecule has 1 N–H and O–H groups in total. The quantitative estimate of drug-likeness (QED) is 0.332. The second-order valence-electron chi connectivity index (χ2n) is 6.86.